The second-order valence-electron chi connectivity index (χ2n) is 5.67. The van der Waals surface area contributed by atoms with Crippen molar-refractivity contribution in [2.45, 2.75) is 64.0 Å². The van der Waals surface area contributed by atoms with E-state index in [1.54, 1.807) is 0 Å². The van der Waals surface area contributed by atoms with Crippen molar-refractivity contribution in [1.29, 1.82) is 0 Å². The average molecular weight is 208 g/mol. The summed E-state index contributed by atoms with van der Waals surface area (Å²) in [5.41, 5.74) is -0.363. The zero-order valence-electron chi connectivity index (χ0n) is 10.2. The number of rotatable bonds is 1. The van der Waals surface area contributed by atoms with Gasteiger partial charge in [-0.05, 0) is 52.8 Å². The van der Waals surface area contributed by atoms with Crippen LogP contribution in [0.4, 0.5) is 0 Å². The van der Waals surface area contributed by atoms with Crippen LogP contribution in [-0.4, -0.2) is 18.3 Å². The summed E-state index contributed by atoms with van der Waals surface area (Å²) in [6.45, 7) is 8.47. The molecular weight excluding hydrogens is 187 g/mol. The highest BCUT2D eigenvalue weighted by atomic mass is 16.7. The second kappa shape index (κ2) is 3.64. The first kappa shape index (κ1) is 11.2. The van der Waals surface area contributed by atoms with Gasteiger partial charge in [0.2, 0.25) is 0 Å². The maximum atomic E-state index is 6.05. The first-order valence-corrected chi connectivity index (χ1v) is 5.93. The first-order chi connectivity index (χ1) is 6.92. The summed E-state index contributed by atoms with van der Waals surface area (Å²) in [6.07, 6.45) is 7.94. The molecule has 0 unspecified atom stereocenters. The van der Waals surface area contributed by atoms with Crippen LogP contribution in [0.2, 0.25) is 5.82 Å². The molecule has 0 saturated carbocycles. The van der Waals surface area contributed by atoms with E-state index in [-0.39, 0.29) is 18.3 Å². The van der Waals surface area contributed by atoms with Gasteiger partial charge in [-0.2, -0.15) is 0 Å². The number of allylic oxidation sites excluding steroid dienone is 2. The molecule has 1 fully saturated rings. The van der Waals surface area contributed by atoms with Crippen LogP contribution in [0.1, 0.15) is 47.0 Å². The fourth-order valence-corrected chi connectivity index (χ4v) is 2.15. The van der Waals surface area contributed by atoms with Gasteiger partial charge < -0.3 is 9.31 Å². The fraction of sp³-hybridized carbons (Fsp3) is 0.833. The van der Waals surface area contributed by atoms with Crippen LogP contribution in [0.25, 0.3) is 0 Å². The van der Waals surface area contributed by atoms with Gasteiger partial charge in [0.05, 0.1) is 11.2 Å². The molecule has 0 aromatic rings. The third kappa shape index (κ3) is 2.00. The Kier molecular flexibility index (Phi) is 2.72. The molecule has 2 aliphatic rings. The Labute approximate surface area is 93.2 Å². The van der Waals surface area contributed by atoms with Crippen LogP contribution in [0.3, 0.4) is 0 Å². The molecule has 0 aromatic carbocycles. The van der Waals surface area contributed by atoms with Gasteiger partial charge in [0, 0.05) is 0 Å². The highest BCUT2D eigenvalue weighted by Crippen LogP contribution is 2.42. The van der Waals surface area contributed by atoms with Gasteiger partial charge in [-0.1, -0.05) is 12.2 Å². The third-order valence-electron chi connectivity index (χ3n) is 3.97. The summed E-state index contributed by atoms with van der Waals surface area (Å²) in [5.74, 6) is 0.538. The minimum Gasteiger partial charge on any atom is -0.403 e. The van der Waals surface area contributed by atoms with Crippen LogP contribution >= 0.6 is 0 Å². The number of hydrogen-bond donors (Lipinski definition) is 0. The quantitative estimate of drug-likeness (QED) is 0.486. The van der Waals surface area contributed by atoms with E-state index in [0.717, 1.165) is 12.8 Å². The van der Waals surface area contributed by atoms with E-state index < -0.39 is 0 Å². The predicted octanol–water partition coefficient (Wildman–Crippen LogP) is 3.19. The molecule has 0 radical (unpaired) electrons. The summed E-state index contributed by atoms with van der Waals surface area (Å²) in [7, 11) is -0.0139. The molecular formula is C12H21BO2. The lowest BCUT2D eigenvalue weighted by Gasteiger charge is -2.32. The molecule has 0 aromatic heterocycles. The number of hydrogen-bond acceptors (Lipinski definition) is 2. The van der Waals surface area contributed by atoms with Crippen molar-refractivity contribution in [2.24, 2.45) is 0 Å². The van der Waals surface area contributed by atoms with Gasteiger partial charge in [0.15, 0.2) is 0 Å². The van der Waals surface area contributed by atoms with Crippen molar-refractivity contribution in [3.63, 3.8) is 0 Å². The molecule has 1 aliphatic heterocycles. The van der Waals surface area contributed by atoms with E-state index in [4.69, 9.17) is 9.31 Å². The molecule has 1 atom stereocenters. The molecule has 0 bridgehead atoms. The Morgan fingerprint density at radius 1 is 1.07 bits per heavy atom. The van der Waals surface area contributed by atoms with Crippen LogP contribution < -0.4 is 0 Å². The second-order valence-corrected chi connectivity index (χ2v) is 5.67. The van der Waals surface area contributed by atoms with E-state index >= 15 is 0 Å². The van der Waals surface area contributed by atoms with Crippen molar-refractivity contribution in [3.05, 3.63) is 12.2 Å². The van der Waals surface area contributed by atoms with Gasteiger partial charge in [0.25, 0.3) is 0 Å². The molecule has 1 heterocycles. The molecule has 1 saturated heterocycles. The van der Waals surface area contributed by atoms with Crippen molar-refractivity contribution in [2.75, 3.05) is 0 Å². The van der Waals surface area contributed by atoms with Crippen LogP contribution in [0, 0.1) is 0 Å². The SMILES string of the molecule is CC1(C)OB([C@@H]2CC=CCC2)OC1(C)C. The Balaban J connectivity index is 2.05. The predicted molar refractivity (Wildman–Crippen MR) is 62.8 cm³/mol. The van der Waals surface area contributed by atoms with Crippen molar-refractivity contribution < 1.29 is 9.31 Å². The van der Waals surface area contributed by atoms with Crippen molar-refractivity contribution >= 4 is 7.12 Å². The van der Waals surface area contributed by atoms with E-state index in [1.165, 1.54) is 6.42 Å². The Hall–Kier alpha value is -0.275. The maximum absolute atomic E-state index is 6.05. The summed E-state index contributed by atoms with van der Waals surface area (Å²) < 4.78 is 12.1. The largest absolute Gasteiger partial charge is 0.461 e. The average Bonchev–Trinajstić information content (AvgIpc) is 2.38. The van der Waals surface area contributed by atoms with Gasteiger partial charge in [-0.25, -0.2) is 0 Å². The molecule has 15 heavy (non-hydrogen) atoms. The summed E-state index contributed by atoms with van der Waals surface area (Å²) in [5, 5.41) is 0. The van der Waals surface area contributed by atoms with Crippen molar-refractivity contribution in [3.8, 4) is 0 Å². The lowest BCUT2D eigenvalue weighted by Crippen LogP contribution is -2.41. The van der Waals surface area contributed by atoms with Gasteiger partial charge >= 0.3 is 7.12 Å². The zero-order chi connectivity index (χ0) is 11.1. The summed E-state index contributed by atoms with van der Waals surface area (Å²) in [4.78, 5) is 0. The van der Waals surface area contributed by atoms with Crippen LogP contribution in [0.5, 0.6) is 0 Å². The first-order valence-electron chi connectivity index (χ1n) is 5.93. The van der Waals surface area contributed by atoms with Crippen LogP contribution in [0.15, 0.2) is 12.2 Å². The molecule has 84 valence electrons. The smallest absolute Gasteiger partial charge is 0.403 e. The highest BCUT2D eigenvalue weighted by molar-refractivity contribution is 6.47. The highest BCUT2D eigenvalue weighted by Gasteiger charge is 2.53. The fourth-order valence-electron chi connectivity index (χ4n) is 2.15. The third-order valence-corrected chi connectivity index (χ3v) is 3.97. The van der Waals surface area contributed by atoms with E-state index in [9.17, 15) is 0 Å². The summed E-state index contributed by atoms with van der Waals surface area (Å²) in [6, 6.07) is 0. The molecule has 2 nitrogen and oxygen atoms in total. The Morgan fingerprint density at radius 3 is 2.13 bits per heavy atom. The molecule has 0 spiro atoms. The van der Waals surface area contributed by atoms with Crippen LogP contribution in [-0.2, 0) is 9.31 Å². The monoisotopic (exact) mass is 208 g/mol. The normalized spacial score (nSPS) is 33.3. The Bertz CT molecular complexity index is 255. The lowest BCUT2D eigenvalue weighted by atomic mass is 9.66. The standard InChI is InChI=1S/C12H21BO2/c1-11(2)12(3,4)15-13(14-11)10-8-6-5-7-9-10/h5-6,10H,7-9H2,1-4H3/t10-/m1/s1. The lowest BCUT2D eigenvalue weighted by molar-refractivity contribution is 0.00578. The van der Waals surface area contributed by atoms with Gasteiger partial charge in [-0.15, -0.1) is 0 Å². The van der Waals surface area contributed by atoms with E-state index in [1.807, 2.05) is 0 Å². The maximum Gasteiger partial charge on any atom is 0.461 e. The van der Waals surface area contributed by atoms with Gasteiger partial charge in [-0.3, -0.25) is 0 Å². The molecule has 0 N–H and O–H groups in total. The zero-order valence-corrected chi connectivity index (χ0v) is 10.2. The molecule has 1 aliphatic carbocycles. The van der Waals surface area contributed by atoms with E-state index in [0.29, 0.717) is 5.82 Å². The summed E-state index contributed by atoms with van der Waals surface area (Å²) >= 11 is 0. The molecule has 0 amide bonds. The molecule has 3 heteroatoms. The van der Waals surface area contributed by atoms with Crippen molar-refractivity contribution in [1.82, 2.24) is 0 Å². The van der Waals surface area contributed by atoms with E-state index in [2.05, 4.69) is 39.8 Å². The Morgan fingerprint density at radius 2 is 1.67 bits per heavy atom. The minimum absolute atomic E-state index is 0.0139. The molecule has 2 rings (SSSR count). The topological polar surface area (TPSA) is 18.5 Å². The minimum atomic E-state index is -0.182. The van der Waals surface area contributed by atoms with Gasteiger partial charge in [0.1, 0.15) is 0 Å².